The molecule has 3 rings (SSSR count). The average Bonchev–Trinajstić information content (AvgIpc) is 3.06. The summed E-state index contributed by atoms with van der Waals surface area (Å²) >= 11 is 3.33. The Labute approximate surface area is 133 Å². The summed E-state index contributed by atoms with van der Waals surface area (Å²) in [6.07, 6.45) is 3.22. The standard InChI is InChI=1S/C14H20N4OS2/c1-10-15-12(9-20-10)6-13-16-17-14(19-13)21-8-11-4-3-5-18(2)7-11/h9,11H,3-8H2,1-2H3/t11-/m1/s1. The van der Waals surface area contributed by atoms with Crippen molar-refractivity contribution in [3.05, 3.63) is 22.0 Å². The molecule has 0 aliphatic carbocycles. The predicted octanol–water partition coefficient (Wildman–Crippen LogP) is 2.86. The van der Waals surface area contributed by atoms with E-state index < -0.39 is 0 Å². The molecule has 5 nitrogen and oxygen atoms in total. The Morgan fingerprint density at radius 1 is 1.48 bits per heavy atom. The van der Waals surface area contributed by atoms with Gasteiger partial charge in [-0.3, -0.25) is 0 Å². The van der Waals surface area contributed by atoms with Crippen molar-refractivity contribution in [2.24, 2.45) is 5.92 Å². The van der Waals surface area contributed by atoms with Gasteiger partial charge >= 0.3 is 0 Å². The summed E-state index contributed by atoms with van der Waals surface area (Å²) in [6.45, 7) is 4.40. The molecule has 0 radical (unpaired) electrons. The van der Waals surface area contributed by atoms with E-state index in [1.54, 1.807) is 23.1 Å². The SMILES string of the molecule is Cc1nc(Cc2nnc(SC[C@@H]3CCCN(C)C3)o2)cs1. The predicted molar refractivity (Wildman–Crippen MR) is 84.9 cm³/mol. The molecule has 7 heteroatoms. The monoisotopic (exact) mass is 324 g/mol. The lowest BCUT2D eigenvalue weighted by molar-refractivity contribution is 0.224. The molecular weight excluding hydrogens is 304 g/mol. The molecule has 0 unspecified atom stereocenters. The highest BCUT2D eigenvalue weighted by molar-refractivity contribution is 7.99. The van der Waals surface area contributed by atoms with Crippen LogP contribution >= 0.6 is 23.1 Å². The van der Waals surface area contributed by atoms with Crippen LogP contribution in [0.3, 0.4) is 0 Å². The first kappa shape index (κ1) is 15.0. The normalized spacial score (nSPS) is 20.0. The Morgan fingerprint density at radius 2 is 2.38 bits per heavy atom. The van der Waals surface area contributed by atoms with E-state index in [0.29, 0.717) is 17.5 Å². The van der Waals surface area contributed by atoms with Crippen molar-refractivity contribution in [3.63, 3.8) is 0 Å². The van der Waals surface area contributed by atoms with Crippen LogP contribution in [0, 0.1) is 12.8 Å². The van der Waals surface area contributed by atoms with Crippen LogP contribution in [0.2, 0.25) is 0 Å². The fraction of sp³-hybridized carbons (Fsp3) is 0.643. The molecule has 2 aromatic heterocycles. The molecule has 1 atom stereocenters. The zero-order chi connectivity index (χ0) is 14.7. The molecule has 21 heavy (non-hydrogen) atoms. The first-order valence-electron chi connectivity index (χ1n) is 7.24. The topological polar surface area (TPSA) is 55.1 Å². The summed E-state index contributed by atoms with van der Waals surface area (Å²) in [4.78, 5) is 6.82. The van der Waals surface area contributed by atoms with E-state index in [0.717, 1.165) is 22.4 Å². The van der Waals surface area contributed by atoms with E-state index in [4.69, 9.17) is 4.42 Å². The summed E-state index contributed by atoms with van der Waals surface area (Å²) in [6, 6.07) is 0. The Kier molecular flexibility index (Phi) is 4.92. The maximum atomic E-state index is 5.71. The highest BCUT2D eigenvalue weighted by Crippen LogP contribution is 2.25. The van der Waals surface area contributed by atoms with Gasteiger partial charge in [-0.2, -0.15) is 0 Å². The van der Waals surface area contributed by atoms with E-state index in [2.05, 4.69) is 27.1 Å². The van der Waals surface area contributed by atoms with Gasteiger partial charge in [-0.15, -0.1) is 21.5 Å². The third-order valence-corrected chi connectivity index (χ3v) is 5.48. The number of likely N-dealkylation sites (tertiary alicyclic amines) is 1. The average molecular weight is 324 g/mol. The number of nitrogens with zero attached hydrogens (tertiary/aromatic N) is 4. The fourth-order valence-corrected chi connectivity index (χ4v) is 4.13. The van der Waals surface area contributed by atoms with Crippen molar-refractivity contribution >= 4 is 23.1 Å². The Morgan fingerprint density at radius 3 is 3.14 bits per heavy atom. The number of hydrogen-bond donors (Lipinski definition) is 0. The highest BCUT2D eigenvalue weighted by Gasteiger charge is 2.18. The van der Waals surface area contributed by atoms with Gasteiger partial charge in [-0.05, 0) is 39.3 Å². The largest absolute Gasteiger partial charge is 0.416 e. The van der Waals surface area contributed by atoms with Gasteiger partial charge in [0.25, 0.3) is 5.22 Å². The van der Waals surface area contributed by atoms with E-state index >= 15 is 0 Å². The quantitative estimate of drug-likeness (QED) is 0.788. The van der Waals surface area contributed by atoms with Crippen molar-refractivity contribution in [1.82, 2.24) is 20.1 Å². The van der Waals surface area contributed by atoms with E-state index in [1.807, 2.05) is 12.3 Å². The van der Waals surface area contributed by atoms with Crippen LogP contribution in [0.15, 0.2) is 15.0 Å². The molecule has 0 amide bonds. The minimum absolute atomic E-state index is 0.629. The third-order valence-electron chi connectivity index (χ3n) is 3.61. The van der Waals surface area contributed by atoms with Gasteiger partial charge in [-0.25, -0.2) is 4.98 Å². The van der Waals surface area contributed by atoms with E-state index in [1.165, 1.54) is 25.9 Å². The summed E-state index contributed by atoms with van der Waals surface area (Å²) in [7, 11) is 2.19. The Balaban J connectivity index is 1.50. The van der Waals surface area contributed by atoms with Crippen molar-refractivity contribution in [2.45, 2.75) is 31.4 Å². The molecule has 3 heterocycles. The summed E-state index contributed by atoms with van der Waals surface area (Å²) in [5.41, 5.74) is 1.01. The first-order chi connectivity index (χ1) is 10.2. The maximum Gasteiger partial charge on any atom is 0.276 e. The molecule has 0 N–H and O–H groups in total. The van der Waals surface area contributed by atoms with Crippen LogP contribution < -0.4 is 0 Å². The molecule has 114 valence electrons. The minimum Gasteiger partial charge on any atom is -0.416 e. The Bertz CT molecular complexity index is 583. The summed E-state index contributed by atoms with van der Waals surface area (Å²) < 4.78 is 5.71. The van der Waals surface area contributed by atoms with Crippen molar-refractivity contribution in [3.8, 4) is 0 Å². The third kappa shape index (κ3) is 4.28. The summed E-state index contributed by atoms with van der Waals surface area (Å²) in [5, 5.41) is 12.0. The lowest BCUT2D eigenvalue weighted by Gasteiger charge is -2.28. The van der Waals surface area contributed by atoms with Crippen LogP contribution in [0.4, 0.5) is 0 Å². The molecule has 0 aromatic carbocycles. The minimum atomic E-state index is 0.629. The lowest BCUT2D eigenvalue weighted by atomic mass is 10.0. The summed E-state index contributed by atoms with van der Waals surface area (Å²) in [5.74, 6) is 2.44. The molecular formula is C14H20N4OS2. The van der Waals surface area contributed by atoms with Crippen LogP contribution in [-0.2, 0) is 6.42 Å². The molecule has 0 spiro atoms. The molecule has 1 saturated heterocycles. The smallest absolute Gasteiger partial charge is 0.276 e. The highest BCUT2D eigenvalue weighted by atomic mass is 32.2. The lowest BCUT2D eigenvalue weighted by Crippen LogP contribution is -2.33. The fourth-order valence-electron chi connectivity index (χ4n) is 2.61. The van der Waals surface area contributed by atoms with Crippen molar-refractivity contribution in [1.29, 1.82) is 0 Å². The zero-order valence-corrected chi connectivity index (χ0v) is 14.0. The maximum absolute atomic E-state index is 5.71. The van der Waals surface area contributed by atoms with Gasteiger partial charge in [0, 0.05) is 17.7 Å². The van der Waals surface area contributed by atoms with Crippen molar-refractivity contribution < 1.29 is 4.42 Å². The van der Waals surface area contributed by atoms with Gasteiger partial charge in [-0.1, -0.05) is 11.8 Å². The second-order valence-electron chi connectivity index (χ2n) is 5.58. The molecule has 1 aliphatic rings. The first-order valence-corrected chi connectivity index (χ1v) is 9.10. The molecule has 1 aliphatic heterocycles. The number of aryl methyl sites for hydroxylation is 1. The molecule has 0 bridgehead atoms. The number of rotatable bonds is 5. The number of aromatic nitrogens is 3. The van der Waals surface area contributed by atoms with Gasteiger partial charge in [0.2, 0.25) is 5.89 Å². The number of hydrogen-bond acceptors (Lipinski definition) is 7. The van der Waals surface area contributed by atoms with Gasteiger partial charge < -0.3 is 9.32 Å². The van der Waals surface area contributed by atoms with Crippen LogP contribution in [0.1, 0.15) is 29.4 Å². The van der Waals surface area contributed by atoms with Gasteiger partial charge in [0.1, 0.15) is 0 Å². The second kappa shape index (κ2) is 6.89. The Hall–Kier alpha value is -0.920. The molecule has 0 saturated carbocycles. The molecule has 1 fully saturated rings. The van der Waals surface area contributed by atoms with Gasteiger partial charge in [0.05, 0.1) is 17.1 Å². The molecule has 2 aromatic rings. The van der Waals surface area contributed by atoms with E-state index in [-0.39, 0.29) is 0 Å². The van der Waals surface area contributed by atoms with Gasteiger partial charge in [0.15, 0.2) is 0 Å². The van der Waals surface area contributed by atoms with Crippen LogP contribution in [-0.4, -0.2) is 46.0 Å². The van der Waals surface area contributed by atoms with E-state index in [9.17, 15) is 0 Å². The number of piperidine rings is 1. The zero-order valence-electron chi connectivity index (χ0n) is 12.4. The van der Waals surface area contributed by atoms with Crippen LogP contribution in [0.5, 0.6) is 0 Å². The second-order valence-corrected chi connectivity index (χ2v) is 7.61. The number of thiazole rings is 1. The number of thioether (sulfide) groups is 1. The van der Waals surface area contributed by atoms with Crippen molar-refractivity contribution in [2.75, 3.05) is 25.9 Å². The van der Waals surface area contributed by atoms with Crippen LogP contribution in [0.25, 0.3) is 0 Å².